The Morgan fingerprint density at radius 3 is 2.36 bits per heavy atom. The van der Waals surface area contributed by atoms with Crippen LogP contribution in [0.15, 0.2) is 42.5 Å². The monoisotopic (exact) mass is 319 g/mol. The second-order valence-electron chi connectivity index (χ2n) is 4.41. The molecule has 2 rings (SSSR count). The van der Waals surface area contributed by atoms with Crippen molar-refractivity contribution >= 4 is 29.2 Å². The number of benzene rings is 2. The Morgan fingerprint density at radius 2 is 1.77 bits per heavy atom. The zero-order valence-electron chi connectivity index (χ0n) is 11.8. The zero-order valence-corrected chi connectivity index (χ0v) is 12.6. The lowest BCUT2D eigenvalue weighted by Gasteiger charge is -2.09. The maximum absolute atomic E-state index is 12.2. The second-order valence-corrected chi connectivity index (χ2v) is 4.82. The lowest BCUT2D eigenvalue weighted by Crippen LogP contribution is -2.12. The third-order valence-corrected chi connectivity index (χ3v) is 3.22. The molecule has 0 saturated heterocycles. The molecule has 0 aliphatic rings. The second kappa shape index (κ2) is 6.95. The summed E-state index contributed by atoms with van der Waals surface area (Å²) in [6.07, 6.45) is 0. The van der Waals surface area contributed by atoms with Crippen LogP contribution < -0.4 is 10.1 Å². The van der Waals surface area contributed by atoms with Crippen molar-refractivity contribution in [1.82, 2.24) is 0 Å². The molecule has 2 aromatic carbocycles. The number of rotatable bonds is 5. The number of nitrogens with one attached hydrogen (secondary N) is 1. The number of carbonyl (C=O) groups is 2. The largest absolute Gasteiger partial charge is 0.494 e. The van der Waals surface area contributed by atoms with Gasteiger partial charge in [-0.2, -0.15) is 0 Å². The predicted molar refractivity (Wildman–Crippen MR) is 84.0 cm³/mol. The van der Waals surface area contributed by atoms with Crippen LogP contribution in [0.25, 0.3) is 0 Å². The van der Waals surface area contributed by atoms with Crippen LogP contribution >= 0.6 is 11.6 Å². The Bertz CT molecular complexity index is 698. The Hall–Kier alpha value is -2.53. The van der Waals surface area contributed by atoms with Gasteiger partial charge in [-0.1, -0.05) is 11.6 Å². The molecule has 114 valence electrons. The van der Waals surface area contributed by atoms with Crippen molar-refractivity contribution in [3.05, 3.63) is 58.6 Å². The minimum absolute atomic E-state index is 0.0476. The Balaban J connectivity index is 2.17. The van der Waals surface area contributed by atoms with Crippen molar-refractivity contribution in [3.8, 4) is 5.75 Å². The van der Waals surface area contributed by atoms with E-state index in [0.29, 0.717) is 17.9 Å². The molecule has 6 heteroatoms. The van der Waals surface area contributed by atoms with E-state index in [0.717, 1.165) is 0 Å². The highest BCUT2D eigenvalue weighted by Gasteiger charge is 2.11. The number of hydrogen-bond acceptors (Lipinski definition) is 3. The zero-order chi connectivity index (χ0) is 16.1. The van der Waals surface area contributed by atoms with Gasteiger partial charge in [0.25, 0.3) is 5.91 Å². The quantitative estimate of drug-likeness (QED) is 0.881. The summed E-state index contributed by atoms with van der Waals surface area (Å²) in [6, 6.07) is 10.7. The van der Waals surface area contributed by atoms with Gasteiger partial charge in [0.05, 0.1) is 22.9 Å². The molecule has 0 saturated carbocycles. The maximum Gasteiger partial charge on any atom is 0.335 e. The van der Waals surface area contributed by atoms with Crippen LogP contribution in [-0.4, -0.2) is 23.6 Å². The Labute approximate surface area is 132 Å². The van der Waals surface area contributed by atoms with Gasteiger partial charge in [-0.15, -0.1) is 0 Å². The van der Waals surface area contributed by atoms with E-state index in [4.69, 9.17) is 21.4 Å². The van der Waals surface area contributed by atoms with Gasteiger partial charge in [0.2, 0.25) is 0 Å². The van der Waals surface area contributed by atoms with E-state index in [1.165, 1.54) is 18.2 Å². The number of carbonyl (C=O) groups excluding carboxylic acids is 1. The molecule has 2 aromatic rings. The van der Waals surface area contributed by atoms with Crippen molar-refractivity contribution in [2.45, 2.75) is 6.92 Å². The first-order valence-corrected chi connectivity index (χ1v) is 6.96. The fraction of sp³-hybridized carbons (Fsp3) is 0.125. The van der Waals surface area contributed by atoms with Gasteiger partial charge >= 0.3 is 5.97 Å². The van der Waals surface area contributed by atoms with Crippen LogP contribution in [0.4, 0.5) is 5.69 Å². The third kappa shape index (κ3) is 3.77. The summed E-state index contributed by atoms with van der Waals surface area (Å²) in [6.45, 7) is 2.42. The number of carboxylic acid groups (broad SMARTS) is 1. The minimum atomic E-state index is -1.09. The van der Waals surface area contributed by atoms with Crippen LogP contribution in [0.3, 0.4) is 0 Å². The molecule has 2 N–H and O–H groups in total. The van der Waals surface area contributed by atoms with Crippen LogP contribution in [0.1, 0.15) is 27.6 Å². The summed E-state index contributed by atoms with van der Waals surface area (Å²) in [5.74, 6) is -0.800. The lowest BCUT2D eigenvalue weighted by atomic mass is 10.1. The predicted octanol–water partition coefficient (Wildman–Crippen LogP) is 3.69. The maximum atomic E-state index is 12.2. The van der Waals surface area contributed by atoms with Crippen molar-refractivity contribution in [2.24, 2.45) is 0 Å². The summed E-state index contributed by atoms with van der Waals surface area (Å²) in [5.41, 5.74) is 0.715. The van der Waals surface area contributed by atoms with E-state index in [1.54, 1.807) is 24.3 Å². The molecule has 0 aliphatic heterocycles. The van der Waals surface area contributed by atoms with E-state index < -0.39 is 5.97 Å². The highest BCUT2D eigenvalue weighted by molar-refractivity contribution is 6.34. The first kappa shape index (κ1) is 15.9. The molecule has 0 heterocycles. The molecular formula is C16H14ClNO4. The molecule has 1 amide bonds. The molecule has 0 aliphatic carbocycles. The van der Waals surface area contributed by atoms with Crippen molar-refractivity contribution in [1.29, 1.82) is 0 Å². The number of hydrogen-bond donors (Lipinski definition) is 2. The van der Waals surface area contributed by atoms with Gasteiger partial charge in [0, 0.05) is 5.56 Å². The standard InChI is InChI=1S/C16H14ClNO4/c1-2-22-12-6-3-10(4-7-12)15(19)18-14-9-11(16(20)21)5-8-13(14)17/h3-9H,2H2,1H3,(H,18,19)(H,20,21). The van der Waals surface area contributed by atoms with Gasteiger partial charge < -0.3 is 15.2 Å². The molecule has 0 fully saturated rings. The van der Waals surface area contributed by atoms with Crippen LogP contribution in [-0.2, 0) is 0 Å². The van der Waals surface area contributed by atoms with E-state index in [9.17, 15) is 9.59 Å². The molecule has 22 heavy (non-hydrogen) atoms. The fourth-order valence-electron chi connectivity index (χ4n) is 1.82. The highest BCUT2D eigenvalue weighted by Crippen LogP contribution is 2.24. The van der Waals surface area contributed by atoms with Gasteiger partial charge in [-0.05, 0) is 49.4 Å². The van der Waals surface area contributed by atoms with Gasteiger partial charge in [0.15, 0.2) is 0 Å². The summed E-state index contributed by atoms with van der Waals surface area (Å²) in [7, 11) is 0. The molecule has 0 radical (unpaired) electrons. The number of carboxylic acids is 1. The van der Waals surface area contributed by atoms with E-state index in [-0.39, 0.29) is 22.2 Å². The van der Waals surface area contributed by atoms with Crippen molar-refractivity contribution < 1.29 is 19.4 Å². The van der Waals surface area contributed by atoms with Gasteiger partial charge in [-0.3, -0.25) is 4.79 Å². The average Bonchev–Trinajstić information content (AvgIpc) is 2.50. The average molecular weight is 320 g/mol. The van der Waals surface area contributed by atoms with E-state index in [1.807, 2.05) is 6.92 Å². The highest BCUT2D eigenvalue weighted by atomic mass is 35.5. The molecule has 0 bridgehead atoms. The van der Waals surface area contributed by atoms with Crippen molar-refractivity contribution in [3.63, 3.8) is 0 Å². The van der Waals surface area contributed by atoms with Gasteiger partial charge in [0.1, 0.15) is 5.75 Å². The smallest absolute Gasteiger partial charge is 0.335 e. The number of aromatic carboxylic acids is 1. The SMILES string of the molecule is CCOc1ccc(C(=O)Nc2cc(C(=O)O)ccc2Cl)cc1. The number of ether oxygens (including phenoxy) is 1. The topological polar surface area (TPSA) is 75.6 Å². The summed E-state index contributed by atoms with van der Waals surface area (Å²) in [5, 5.41) is 11.8. The number of halogens is 1. The molecule has 0 unspecified atom stereocenters. The molecule has 0 atom stereocenters. The van der Waals surface area contributed by atoms with Crippen LogP contribution in [0, 0.1) is 0 Å². The molecule has 5 nitrogen and oxygen atoms in total. The summed E-state index contributed by atoms with van der Waals surface area (Å²) >= 11 is 5.97. The van der Waals surface area contributed by atoms with Crippen LogP contribution in [0.2, 0.25) is 5.02 Å². The first-order chi connectivity index (χ1) is 10.5. The van der Waals surface area contributed by atoms with Crippen LogP contribution in [0.5, 0.6) is 5.75 Å². The van der Waals surface area contributed by atoms with Gasteiger partial charge in [-0.25, -0.2) is 4.79 Å². The molecule has 0 spiro atoms. The Kier molecular flexibility index (Phi) is 5.01. The summed E-state index contributed by atoms with van der Waals surface area (Å²) < 4.78 is 5.30. The number of anilines is 1. The third-order valence-electron chi connectivity index (χ3n) is 2.89. The fourth-order valence-corrected chi connectivity index (χ4v) is 1.98. The minimum Gasteiger partial charge on any atom is -0.494 e. The van der Waals surface area contributed by atoms with E-state index in [2.05, 4.69) is 5.32 Å². The lowest BCUT2D eigenvalue weighted by molar-refractivity contribution is 0.0696. The van der Waals surface area contributed by atoms with E-state index >= 15 is 0 Å². The molecular weight excluding hydrogens is 306 g/mol. The first-order valence-electron chi connectivity index (χ1n) is 6.58. The number of amides is 1. The Morgan fingerprint density at radius 1 is 1.14 bits per heavy atom. The van der Waals surface area contributed by atoms with Crippen molar-refractivity contribution in [2.75, 3.05) is 11.9 Å². The normalized spacial score (nSPS) is 10.1. The molecule has 0 aromatic heterocycles. The summed E-state index contributed by atoms with van der Waals surface area (Å²) in [4.78, 5) is 23.1.